The fourth-order valence-corrected chi connectivity index (χ4v) is 1.88. The van der Waals surface area contributed by atoms with Crippen LogP contribution in [0.5, 0.6) is 0 Å². The fourth-order valence-electron chi connectivity index (χ4n) is 1.88. The maximum atomic E-state index is 13.9. The van der Waals surface area contributed by atoms with Crippen molar-refractivity contribution in [1.82, 2.24) is 0 Å². The lowest BCUT2D eigenvalue weighted by Crippen LogP contribution is -2.33. The Balaban J connectivity index is 2.44. The molecule has 0 nitrogen and oxygen atoms in total. The molecule has 0 atom stereocenters. The van der Waals surface area contributed by atoms with Crippen LogP contribution in [0.1, 0.15) is 5.56 Å². The Morgan fingerprint density at radius 1 is 0.750 bits per heavy atom. The maximum absolute atomic E-state index is 13.9. The minimum Gasteiger partial charge on any atom is -0.206 e. The number of hydrogen-bond acceptors (Lipinski definition) is 0. The van der Waals surface area contributed by atoms with Crippen LogP contribution < -0.4 is 0 Å². The summed E-state index contributed by atoms with van der Waals surface area (Å²) in [7, 11) is 0. The summed E-state index contributed by atoms with van der Waals surface area (Å²) >= 11 is 0. The summed E-state index contributed by atoms with van der Waals surface area (Å²) in [5, 5.41) is 0. The van der Waals surface area contributed by atoms with Crippen LogP contribution in [0, 0.1) is 17.5 Å². The van der Waals surface area contributed by atoms with E-state index in [9.17, 15) is 35.1 Å². The topological polar surface area (TPSA) is 0 Å². The van der Waals surface area contributed by atoms with Gasteiger partial charge in [0.05, 0.1) is 0 Å². The second kappa shape index (κ2) is 6.26. The van der Waals surface area contributed by atoms with Crippen molar-refractivity contribution >= 4 is 6.08 Å². The lowest BCUT2D eigenvalue weighted by molar-refractivity contribution is -0.258. The fraction of sp³-hybridized carbons (Fsp3) is 0.125. The van der Waals surface area contributed by atoms with E-state index in [4.69, 9.17) is 0 Å². The van der Waals surface area contributed by atoms with Crippen molar-refractivity contribution in [1.29, 1.82) is 0 Å². The lowest BCUT2D eigenvalue weighted by atomic mass is 10.0. The summed E-state index contributed by atoms with van der Waals surface area (Å²) < 4.78 is 103. The molecule has 0 N–H and O–H groups in total. The number of rotatable bonds is 3. The lowest BCUT2D eigenvalue weighted by Gasteiger charge is -2.15. The van der Waals surface area contributed by atoms with Gasteiger partial charge in [0.2, 0.25) is 0 Å². The van der Waals surface area contributed by atoms with Gasteiger partial charge in [-0.15, -0.1) is 0 Å². The van der Waals surface area contributed by atoms with Crippen molar-refractivity contribution in [3.05, 3.63) is 65.5 Å². The maximum Gasteiger partial charge on any atom is 0.457 e. The molecule has 0 aliphatic heterocycles. The molecule has 0 amide bonds. The highest BCUT2D eigenvalue weighted by Gasteiger charge is 2.55. The van der Waals surface area contributed by atoms with Gasteiger partial charge >= 0.3 is 12.1 Å². The number of allylic oxidation sites excluding steroid dienone is 1. The Labute approximate surface area is 131 Å². The predicted molar refractivity (Wildman–Crippen MR) is 71.8 cm³/mol. The van der Waals surface area contributed by atoms with Crippen LogP contribution >= 0.6 is 0 Å². The van der Waals surface area contributed by atoms with E-state index in [-0.39, 0.29) is 17.2 Å². The highest BCUT2D eigenvalue weighted by molar-refractivity contribution is 5.67. The van der Waals surface area contributed by atoms with Gasteiger partial charge in [-0.05, 0) is 35.9 Å². The smallest absolute Gasteiger partial charge is 0.206 e. The summed E-state index contributed by atoms with van der Waals surface area (Å²) in [6.07, 6.45) is -6.52. The molecule has 128 valence electrons. The number of alkyl halides is 5. The Hall–Kier alpha value is -2.38. The van der Waals surface area contributed by atoms with E-state index in [0.717, 1.165) is 6.07 Å². The summed E-state index contributed by atoms with van der Waals surface area (Å²) in [5.41, 5.74) is -1.45. The Morgan fingerprint density at radius 2 is 1.29 bits per heavy atom. The summed E-state index contributed by atoms with van der Waals surface area (Å²) in [6.45, 7) is 0. The second-order valence-corrected chi connectivity index (χ2v) is 4.79. The van der Waals surface area contributed by atoms with Crippen molar-refractivity contribution in [2.45, 2.75) is 12.1 Å². The van der Waals surface area contributed by atoms with E-state index in [0.29, 0.717) is 12.1 Å². The van der Waals surface area contributed by atoms with Crippen LogP contribution in [0.25, 0.3) is 17.2 Å². The molecule has 0 saturated carbocycles. The van der Waals surface area contributed by atoms with E-state index >= 15 is 0 Å². The van der Waals surface area contributed by atoms with Crippen molar-refractivity contribution < 1.29 is 35.1 Å². The molecule has 0 saturated heterocycles. The first-order valence-electron chi connectivity index (χ1n) is 6.40. The van der Waals surface area contributed by atoms with Crippen molar-refractivity contribution in [2.75, 3.05) is 0 Å². The van der Waals surface area contributed by atoms with Gasteiger partial charge in [-0.2, -0.15) is 22.0 Å². The molecular weight excluding hydrogens is 344 g/mol. The Bertz CT molecular complexity index is 751. The average Bonchev–Trinajstić information content (AvgIpc) is 2.45. The second-order valence-electron chi connectivity index (χ2n) is 4.79. The summed E-state index contributed by atoms with van der Waals surface area (Å²) in [6, 6.07) is 6.33. The molecule has 0 unspecified atom stereocenters. The minimum atomic E-state index is -5.89. The van der Waals surface area contributed by atoms with Gasteiger partial charge in [0, 0.05) is 11.1 Å². The Kier molecular flexibility index (Phi) is 4.68. The number of hydrogen-bond donors (Lipinski definition) is 0. The van der Waals surface area contributed by atoms with Crippen molar-refractivity contribution in [3.8, 4) is 11.1 Å². The first-order chi connectivity index (χ1) is 11.0. The van der Waals surface area contributed by atoms with Gasteiger partial charge in [0.25, 0.3) is 0 Å². The molecule has 0 spiro atoms. The van der Waals surface area contributed by atoms with E-state index < -0.39 is 41.2 Å². The van der Waals surface area contributed by atoms with Gasteiger partial charge in [-0.1, -0.05) is 18.2 Å². The molecular formula is C16H8F8. The first-order valence-corrected chi connectivity index (χ1v) is 6.40. The van der Waals surface area contributed by atoms with Gasteiger partial charge in [0.1, 0.15) is 17.5 Å². The molecule has 8 heteroatoms. The molecule has 0 heterocycles. The third kappa shape index (κ3) is 3.58. The molecule has 0 aliphatic rings. The molecule has 0 aliphatic carbocycles. The van der Waals surface area contributed by atoms with Crippen LogP contribution in [0.3, 0.4) is 0 Å². The van der Waals surface area contributed by atoms with E-state index in [1.807, 2.05) is 0 Å². The highest BCUT2D eigenvalue weighted by Crippen LogP contribution is 2.37. The molecule has 24 heavy (non-hydrogen) atoms. The third-order valence-corrected chi connectivity index (χ3v) is 3.10. The van der Waals surface area contributed by atoms with Crippen LogP contribution in [-0.4, -0.2) is 12.1 Å². The number of halogens is 8. The monoisotopic (exact) mass is 352 g/mol. The van der Waals surface area contributed by atoms with Crippen LogP contribution in [0.4, 0.5) is 35.1 Å². The zero-order valence-electron chi connectivity index (χ0n) is 11.6. The van der Waals surface area contributed by atoms with Crippen molar-refractivity contribution in [3.63, 3.8) is 0 Å². The molecule has 0 fully saturated rings. The zero-order valence-corrected chi connectivity index (χ0v) is 11.6. The quantitative estimate of drug-likeness (QED) is 0.596. The van der Waals surface area contributed by atoms with Gasteiger partial charge < -0.3 is 0 Å². The summed E-state index contributed by atoms with van der Waals surface area (Å²) in [4.78, 5) is 0. The molecule has 2 aromatic rings. The number of benzene rings is 2. The zero-order chi connectivity index (χ0) is 18.1. The highest BCUT2D eigenvalue weighted by atomic mass is 19.4. The van der Waals surface area contributed by atoms with Gasteiger partial charge in [0.15, 0.2) is 0 Å². The summed E-state index contributed by atoms with van der Waals surface area (Å²) in [5.74, 6) is -8.82. The van der Waals surface area contributed by atoms with Gasteiger partial charge in [-0.25, -0.2) is 13.2 Å². The third-order valence-electron chi connectivity index (χ3n) is 3.10. The molecule has 0 radical (unpaired) electrons. The van der Waals surface area contributed by atoms with Crippen LogP contribution in [-0.2, 0) is 0 Å². The predicted octanol–water partition coefficient (Wildman–Crippen LogP) is 5.98. The van der Waals surface area contributed by atoms with E-state index in [1.54, 1.807) is 0 Å². The molecule has 2 rings (SSSR count). The largest absolute Gasteiger partial charge is 0.457 e. The SMILES string of the molecule is Fc1ccccc1-c1cc(F)c(/C=C/C(F)(F)C(F)(F)F)c(F)c1. The minimum absolute atomic E-state index is 0.00326. The standard InChI is InChI=1S/C16H8F8/c17-12-4-2-1-3-10(12)9-7-13(18)11(14(19)8-9)5-6-15(20,21)16(22,23)24/h1-8H/b6-5+. The molecule has 0 aromatic heterocycles. The first kappa shape index (κ1) is 18.0. The van der Waals surface area contributed by atoms with E-state index in [2.05, 4.69) is 0 Å². The van der Waals surface area contributed by atoms with Crippen LogP contribution in [0.15, 0.2) is 42.5 Å². The Morgan fingerprint density at radius 3 is 1.79 bits per heavy atom. The molecule has 2 aromatic carbocycles. The van der Waals surface area contributed by atoms with Crippen molar-refractivity contribution in [2.24, 2.45) is 0 Å². The average molecular weight is 352 g/mol. The normalized spacial score (nSPS) is 12.8. The van der Waals surface area contributed by atoms with Gasteiger partial charge in [-0.3, -0.25) is 0 Å². The van der Waals surface area contributed by atoms with E-state index in [1.165, 1.54) is 18.2 Å². The molecule has 0 bridgehead atoms. The van der Waals surface area contributed by atoms with Crippen LogP contribution in [0.2, 0.25) is 0 Å².